The van der Waals surface area contributed by atoms with Gasteiger partial charge in [-0.05, 0) is 19.3 Å². The summed E-state index contributed by atoms with van der Waals surface area (Å²) in [6.07, 6.45) is 9.76. The van der Waals surface area contributed by atoms with Crippen LogP contribution >= 0.6 is 0 Å². The molecule has 0 heterocycles. The zero-order valence-electron chi connectivity index (χ0n) is 11.2. The number of carbonyl (C=O) groups excluding carboxylic acids is 1. The van der Waals surface area contributed by atoms with Crippen LogP contribution in [0.25, 0.3) is 0 Å². The van der Waals surface area contributed by atoms with Crippen LogP contribution in [0.4, 0.5) is 0 Å². The quantitative estimate of drug-likeness (QED) is 0.442. The van der Waals surface area contributed by atoms with E-state index in [9.17, 15) is 4.79 Å². The molecule has 0 unspecified atom stereocenters. The summed E-state index contributed by atoms with van der Waals surface area (Å²) in [5, 5.41) is 0. The average molecular weight is 241 g/mol. The highest BCUT2D eigenvalue weighted by Gasteiger charge is 2.38. The van der Waals surface area contributed by atoms with Crippen molar-refractivity contribution in [2.45, 2.75) is 64.7 Å². The molecule has 0 amide bonds. The average Bonchev–Trinajstić information content (AvgIpc) is 2.60. The van der Waals surface area contributed by atoms with Gasteiger partial charge in [-0.2, -0.15) is 0 Å². The lowest BCUT2D eigenvalue weighted by Crippen LogP contribution is -2.39. The Hall–Kier alpha value is -0.570. The second-order valence-electron chi connectivity index (χ2n) is 5.24. The SMILES string of the molecule is CCCCCOC(=O)C1(CN)CCCCCC1. The van der Waals surface area contributed by atoms with Gasteiger partial charge in [0.2, 0.25) is 0 Å². The fourth-order valence-electron chi connectivity index (χ4n) is 2.57. The number of unbranched alkanes of at least 4 members (excludes halogenated alkanes) is 2. The van der Waals surface area contributed by atoms with Crippen molar-refractivity contribution in [3.63, 3.8) is 0 Å². The molecule has 1 fully saturated rings. The van der Waals surface area contributed by atoms with Crippen LogP contribution in [-0.4, -0.2) is 19.1 Å². The summed E-state index contributed by atoms with van der Waals surface area (Å²) in [5.41, 5.74) is 5.47. The molecule has 0 spiro atoms. The predicted octanol–water partition coefficient (Wildman–Crippen LogP) is 3.02. The number of nitrogens with two attached hydrogens (primary N) is 1. The molecule has 1 aliphatic rings. The van der Waals surface area contributed by atoms with Crippen LogP contribution in [0.1, 0.15) is 64.7 Å². The Morgan fingerprint density at radius 1 is 1.18 bits per heavy atom. The van der Waals surface area contributed by atoms with E-state index in [1.807, 2.05) is 0 Å². The van der Waals surface area contributed by atoms with Crippen molar-refractivity contribution >= 4 is 5.97 Å². The maximum atomic E-state index is 12.2. The third-order valence-corrected chi connectivity index (χ3v) is 3.87. The first-order valence-corrected chi connectivity index (χ1v) is 7.12. The highest BCUT2D eigenvalue weighted by Crippen LogP contribution is 2.35. The maximum absolute atomic E-state index is 12.2. The first-order valence-electron chi connectivity index (χ1n) is 7.12. The van der Waals surface area contributed by atoms with Crippen LogP contribution < -0.4 is 5.73 Å². The lowest BCUT2D eigenvalue weighted by atomic mass is 9.80. The molecule has 0 saturated heterocycles. The summed E-state index contributed by atoms with van der Waals surface area (Å²) in [5.74, 6) is -0.0435. The molecule has 0 aliphatic heterocycles. The zero-order chi connectivity index (χ0) is 12.6. The summed E-state index contributed by atoms with van der Waals surface area (Å²) in [6.45, 7) is 3.16. The second kappa shape index (κ2) is 7.70. The van der Waals surface area contributed by atoms with Crippen LogP contribution in [-0.2, 0) is 9.53 Å². The Bertz CT molecular complexity index is 220. The minimum Gasteiger partial charge on any atom is -0.465 e. The number of rotatable bonds is 6. The van der Waals surface area contributed by atoms with Crippen molar-refractivity contribution in [2.75, 3.05) is 13.2 Å². The highest BCUT2D eigenvalue weighted by atomic mass is 16.5. The van der Waals surface area contributed by atoms with Gasteiger partial charge in [0, 0.05) is 6.54 Å². The number of esters is 1. The summed E-state index contributed by atoms with van der Waals surface area (Å²) < 4.78 is 5.41. The van der Waals surface area contributed by atoms with E-state index in [1.165, 1.54) is 12.8 Å². The van der Waals surface area contributed by atoms with Crippen LogP contribution in [0.2, 0.25) is 0 Å². The molecule has 0 bridgehead atoms. The van der Waals surface area contributed by atoms with E-state index in [4.69, 9.17) is 10.5 Å². The van der Waals surface area contributed by atoms with Crippen LogP contribution in [0.3, 0.4) is 0 Å². The van der Waals surface area contributed by atoms with Gasteiger partial charge in [-0.25, -0.2) is 0 Å². The van der Waals surface area contributed by atoms with Gasteiger partial charge in [-0.1, -0.05) is 45.4 Å². The molecule has 0 radical (unpaired) electrons. The molecule has 0 aromatic heterocycles. The van der Waals surface area contributed by atoms with Crippen molar-refractivity contribution in [1.29, 1.82) is 0 Å². The second-order valence-corrected chi connectivity index (χ2v) is 5.24. The third kappa shape index (κ3) is 4.30. The van der Waals surface area contributed by atoms with Crippen molar-refractivity contribution < 1.29 is 9.53 Å². The summed E-state index contributed by atoms with van der Waals surface area (Å²) >= 11 is 0. The molecule has 1 rings (SSSR count). The first-order chi connectivity index (χ1) is 8.25. The molecule has 3 heteroatoms. The molecule has 3 nitrogen and oxygen atoms in total. The fourth-order valence-corrected chi connectivity index (χ4v) is 2.57. The van der Waals surface area contributed by atoms with Crippen molar-refractivity contribution in [2.24, 2.45) is 11.1 Å². The van der Waals surface area contributed by atoms with E-state index in [-0.39, 0.29) is 11.4 Å². The summed E-state index contributed by atoms with van der Waals surface area (Å²) in [6, 6.07) is 0. The van der Waals surface area contributed by atoms with Gasteiger partial charge < -0.3 is 10.5 Å². The van der Waals surface area contributed by atoms with Crippen LogP contribution in [0.5, 0.6) is 0 Å². The molecule has 2 N–H and O–H groups in total. The Balaban J connectivity index is 2.43. The summed E-state index contributed by atoms with van der Waals surface area (Å²) in [4.78, 5) is 12.2. The lowest BCUT2D eigenvalue weighted by molar-refractivity contribution is -0.156. The molecule has 0 atom stereocenters. The van der Waals surface area contributed by atoms with E-state index < -0.39 is 0 Å². The Morgan fingerprint density at radius 3 is 2.35 bits per heavy atom. The minimum absolute atomic E-state index is 0.0435. The topological polar surface area (TPSA) is 52.3 Å². The van der Waals surface area contributed by atoms with Crippen LogP contribution in [0.15, 0.2) is 0 Å². The number of hydrogen-bond donors (Lipinski definition) is 1. The minimum atomic E-state index is -0.372. The number of ether oxygens (including phenoxy) is 1. The first kappa shape index (κ1) is 14.5. The number of hydrogen-bond acceptors (Lipinski definition) is 3. The van der Waals surface area contributed by atoms with E-state index >= 15 is 0 Å². The van der Waals surface area contributed by atoms with Gasteiger partial charge in [0.05, 0.1) is 12.0 Å². The zero-order valence-corrected chi connectivity index (χ0v) is 11.2. The van der Waals surface area contributed by atoms with Gasteiger partial charge in [-0.3, -0.25) is 4.79 Å². The van der Waals surface area contributed by atoms with E-state index in [1.54, 1.807) is 0 Å². The van der Waals surface area contributed by atoms with Gasteiger partial charge in [0.1, 0.15) is 0 Å². The highest BCUT2D eigenvalue weighted by molar-refractivity contribution is 5.77. The van der Waals surface area contributed by atoms with Gasteiger partial charge in [0.25, 0.3) is 0 Å². The molecular weight excluding hydrogens is 214 g/mol. The molecule has 0 aromatic carbocycles. The standard InChI is InChI=1S/C14H27NO2/c1-2-3-8-11-17-13(16)14(12-15)9-6-4-5-7-10-14/h2-12,15H2,1H3. The molecular formula is C14H27NO2. The summed E-state index contributed by atoms with van der Waals surface area (Å²) in [7, 11) is 0. The van der Waals surface area contributed by atoms with Crippen molar-refractivity contribution in [3.05, 3.63) is 0 Å². The van der Waals surface area contributed by atoms with E-state index in [0.29, 0.717) is 13.2 Å². The fraction of sp³-hybridized carbons (Fsp3) is 0.929. The molecule has 1 aliphatic carbocycles. The molecule has 0 aromatic rings. The smallest absolute Gasteiger partial charge is 0.313 e. The van der Waals surface area contributed by atoms with Crippen molar-refractivity contribution in [1.82, 2.24) is 0 Å². The Morgan fingerprint density at radius 2 is 1.82 bits per heavy atom. The van der Waals surface area contributed by atoms with Gasteiger partial charge >= 0.3 is 5.97 Å². The number of carbonyl (C=O) groups is 1. The molecule has 17 heavy (non-hydrogen) atoms. The van der Waals surface area contributed by atoms with Gasteiger partial charge in [0.15, 0.2) is 0 Å². The van der Waals surface area contributed by atoms with Gasteiger partial charge in [-0.15, -0.1) is 0 Å². The van der Waals surface area contributed by atoms with Crippen LogP contribution in [0, 0.1) is 5.41 Å². The predicted molar refractivity (Wildman–Crippen MR) is 69.7 cm³/mol. The molecule has 100 valence electrons. The van der Waals surface area contributed by atoms with E-state index in [0.717, 1.165) is 44.9 Å². The lowest BCUT2D eigenvalue weighted by Gasteiger charge is -2.28. The maximum Gasteiger partial charge on any atom is 0.313 e. The Kier molecular flexibility index (Phi) is 6.56. The normalized spacial score (nSPS) is 19.6. The largest absolute Gasteiger partial charge is 0.465 e. The van der Waals surface area contributed by atoms with Crippen molar-refractivity contribution in [3.8, 4) is 0 Å². The Labute approximate surface area is 105 Å². The third-order valence-electron chi connectivity index (χ3n) is 3.87. The monoisotopic (exact) mass is 241 g/mol. The van der Waals surface area contributed by atoms with E-state index in [2.05, 4.69) is 6.92 Å². The molecule has 1 saturated carbocycles.